The van der Waals surface area contributed by atoms with Gasteiger partial charge in [-0.2, -0.15) is 0 Å². The summed E-state index contributed by atoms with van der Waals surface area (Å²) in [5, 5.41) is 3.52. The van der Waals surface area contributed by atoms with Gasteiger partial charge in [-0.15, -0.1) is 0 Å². The van der Waals surface area contributed by atoms with Gasteiger partial charge in [-0.1, -0.05) is 0 Å². The molecule has 1 rings (SSSR count). The lowest BCUT2D eigenvalue weighted by atomic mass is 9.92. The van der Waals surface area contributed by atoms with Crippen molar-refractivity contribution in [3.05, 3.63) is 0 Å². The topological polar surface area (TPSA) is 21.3 Å². The monoisotopic (exact) mass is 171 g/mol. The number of hydrogen-bond acceptors (Lipinski definition) is 2. The van der Waals surface area contributed by atoms with E-state index in [1.165, 1.54) is 32.2 Å². The zero-order valence-corrected chi connectivity index (χ0v) is 8.31. The molecule has 0 aromatic rings. The first-order valence-corrected chi connectivity index (χ1v) is 5.05. The van der Waals surface area contributed by atoms with Crippen LogP contribution in [0.1, 0.15) is 32.6 Å². The van der Waals surface area contributed by atoms with Crippen molar-refractivity contribution in [1.29, 1.82) is 0 Å². The number of ether oxygens (including phenoxy) is 1. The minimum Gasteiger partial charge on any atom is -0.385 e. The lowest BCUT2D eigenvalue weighted by Gasteiger charge is -2.27. The summed E-state index contributed by atoms with van der Waals surface area (Å²) >= 11 is 0. The molecule has 12 heavy (non-hydrogen) atoms. The van der Waals surface area contributed by atoms with E-state index in [4.69, 9.17) is 4.74 Å². The van der Waals surface area contributed by atoms with Crippen LogP contribution in [0.3, 0.4) is 0 Å². The maximum atomic E-state index is 5.03. The fraction of sp³-hybridized carbons (Fsp3) is 1.00. The zero-order valence-electron chi connectivity index (χ0n) is 8.31. The molecule has 2 unspecified atom stereocenters. The van der Waals surface area contributed by atoms with Crippen molar-refractivity contribution >= 4 is 0 Å². The highest BCUT2D eigenvalue weighted by Gasteiger charge is 2.16. The van der Waals surface area contributed by atoms with E-state index in [2.05, 4.69) is 12.2 Å². The van der Waals surface area contributed by atoms with Gasteiger partial charge in [-0.3, -0.25) is 0 Å². The highest BCUT2D eigenvalue weighted by atomic mass is 16.5. The van der Waals surface area contributed by atoms with E-state index in [9.17, 15) is 0 Å². The van der Waals surface area contributed by atoms with Gasteiger partial charge in [0.05, 0.1) is 0 Å². The SMILES string of the molecule is COCCCC1CCC(C)NC1. The Kier molecular flexibility index (Phi) is 4.62. The summed E-state index contributed by atoms with van der Waals surface area (Å²) in [5.74, 6) is 0.899. The second-order valence-electron chi connectivity index (χ2n) is 3.89. The maximum absolute atomic E-state index is 5.03. The summed E-state index contributed by atoms with van der Waals surface area (Å²) in [4.78, 5) is 0. The van der Waals surface area contributed by atoms with Gasteiger partial charge in [0.1, 0.15) is 0 Å². The predicted octanol–water partition coefficient (Wildman–Crippen LogP) is 1.80. The molecule has 72 valence electrons. The Morgan fingerprint density at radius 3 is 2.83 bits per heavy atom. The fourth-order valence-electron chi connectivity index (χ4n) is 1.82. The van der Waals surface area contributed by atoms with E-state index in [-0.39, 0.29) is 0 Å². The summed E-state index contributed by atoms with van der Waals surface area (Å²) in [6.07, 6.45) is 5.29. The lowest BCUT2D eigenvalue weighted by Crippen LogP contribution is -2.36. The van der Waals surface area contributed by atoms with E-state index in [1.54, 1.807) is 7.11 Å². The Labute approximate surface area is 75.7 Å². The Morgan fingerprint density at radius 1 is 1.42 bits per heavy atom. The summed E-state index contributed by atoms with van der Waals surface area (Å²) in [5.41, 5.74) is 0. The quantitative estimate of drug-likeness (QED) is 0.651. The average molecular weight is 171 g/mol. The molecule has 0 aromatic heterocycles. The van der Waals surface area contributed by atoms with Crippen molar-refractivity contribution in [2.24, 2.45) is 5.92 Å². The van der Waals surface area contributed by atoms with Crippen LogP contribution in [0.2, 0.25) is 0 Å². The second kappa shape index (κ2) is 5.55. The molecular weight excluding hydrogens is 150 g/mol. The standard InChI is InChI=1S/C10H21NO/c1-9-5-6-10(8-11-9)4-3-7-12-2/h9-11H,3-8H2,1-2H3. The molecule has 2 atom stereocenters. The smallest absolute Gasteiger partial charge is 0.0462 e. The Bertz CT molecular complexity index is 108. The summed E-state index contributed by atoms with van der Waals surface area (Å²) in [6, 6.07) is 0.740. The minimum absolute atomic E-state index is 0.740. The molecule has 0 bridgehead atoms. The highest BCUT2D eigenvalue weighted by Crippen LogP contribution is 2.18. The zero-order chi connectivity index (χ0) is 8.81. The van der Waals surface area contributed by atoms with Gasteiger partial charge >= 0.3 is 0 Å². The summed E-state index contributed by atoms with van der Waals surface area (Å²) in [6.45, 7) is 4.41. The molecule has 1 fully saturated rings. The maximum Gasteiger partial charge on any atom is 0.0462 e. The molecule has 0 aromatic carbocycles. The van der Waals surface area contributed by atoms with E-state index >= 15 is 0 Å². The van der Waals surface area contributed by atoms with Crippen molar-refractivity contribution in [3.8, 4) is 0 Å². The van der Waals surface area contributed by atoms with Crippen LogP contribution in [0.4, 0.5) is 0 Å². The van der Waals surface area contributed by atoms with Crippen molar-refractivity contribution in [3.63, 3.8) is 0 Å². The predicted molar refractivity (Wildman–Crippen MR) is 51.3 cm³/mol. The lowest BCUT2D eigenvalue weighted by molar-refractivity contribution is 0.181. The number of piperidine rings is 1. The van der Waals surface area contributed by atoms with Crippen molar-refractivity contribution in [2.75, 3.05) is 20.3 Å². The number of methoxy groups -OCH3 is 1. The van der Waals surface area contributed by atoms with Crippen LogP contribution in [-0.2, 0) is 4.74 Å². The van der Waals surface area contributed by atoms with Gasteiger partial charge in [0, 0.05) is 19.8 Å². The molecule has 1 N–H and O–H groups in total. The third kappa shape index (κ3) is 3.55. The Morgan fingerprint density at radius 2 is 2.25 bits per heavy atom. The van der Waals surface area contributed by atoms with Gasteiger partial charge in [-0.25, -0.2) is 0 Å². The van der Waals surface area contributed by atoms with Crippen LogP contribution in [0.25, 0.3) is 0 Å². The molecule has 0 saturated carbocycles. The molecule has 2 heteroatoms. The molecule has 1 aliphatic heterocycles. The molecule has 0 amide bonds. The first-order valence-electron chi connectivity index (χ1n) is 5.05. The van der Waals surface area contributed by atoms with Crippen molar-refractivity contribution in [1.82, 2.24) is 5.32 Å². The number of hydrogen-bond donors (Lipinski definition) is 1. The molecule has 1 heterocycles. The highest BCUT2D eigenvalue weighted by molar-refractivity contribution is 4.74. The molecule has 0 spiro atoms. The minimum atomic E-state index is 0.740. The first-order chi connectivity index (χ1) is 5.83. The van der Waals surface area contributed by atoms with Crippen LogP contribution in [0.15, 0.2) is 0 Å². The Hall–Kier alpha value is -0.0800. The normalized spacial score (nSPS) is 30.5. The van der Waals surface area contributed by atoms with Crippen LogP contribution < -0.4 is 5.32 Å². The van der Waals surface area contributed by atoms with E-state index in [0.717, 1.165) is 18.6 Å². The third-order valence-corrected chi connectivity index (χ3v) is 2.72. The molecule has 0 radical (unpaired) electrons. The number of nitrogens with one attached hydrogen (secondary N) is 1. The number of rotatable bonds is 4. The third-order valence-electron chi connectivity index (χ3n) is 2.72. The molecule has 1 aliphatic rings. The van der Waals surface area contributed by atoms with E-state index < -0.39 is 0 Å². The van der Waals surface area contributed by atoms with Gasteiger partial charge in [0.25, 0.3) is 0 Å². The van der Waals surface area contributed by atoms with Crippen LogP contribution >= 0.6 is 0 Å². The van der Waals surface area contributed by atoms with Crippen LogP contribution in [0.5, 0.6) is 0 Å². The summed E-state index contributed by atoms with van der Waals surface area (Å²) < 4.78 is 5.03. The summed E-state index contributed by atoms with van der Waals surface area (Å²) in [7, 11) is 1.78. The average Bonchev–Trinajstić information content (AvgIpc) is 2.09. The molecule has 2 nitrogen and oxygen atoms in total. The van der Waals surface area contributed by atoms with E-state index in [1.807, 2.05) is 0 Å². The van der Waals surface area contributed by atoms with Gasteiger partial charge in [0.15, 0.2) is 0 Å². The van der Waals surface area contributed by atoms with Gasteiger partial charge in [0.2, 0.25) is 0 Å². The first kappa shape index (κ1) is 10.0. The van der Waals surface area contributed by atoms with Crippen LogP contribution in [-0.4, -0.2) is 26.3 Å². The Balaban J connectivity index is 2.01. The second-order valence-corrected chi connectivity index (χ2v) is 3.89. The van der Waals surface area contributed by atoms with Gasteiger partial charge in [-0.05, 0) is 45.1 Å². The molecule has 1 saturated heterocycles. The fourth-order valence-corrected chi connectivity index (χ4v) is 1.82. The van der Waals surface area contributed by atoms with Crippen molar-refractivity contribution < 1.29 is 4.74 Å². The largest absolute Gasteiger partial charge is 0.385 e. The molecule has 0 aliphatic carbocycles. The van der Waals surface area contributed by atoms with Crippen LogP contribution in [0, 0.1) is 5.92 Å². The molecular formula is C10H21NO. The van der Waals surface area contributed by atoms with Gasteiger partial charge < -0.3 is 10.1 Å². The van der Waals surface area contributed by atoms with E-state index in [0.29, 0.717) is 0 Å². The van der Waals surface area contributed by atoms with Crippen molar-refractivity contribution in [2.45, 2.75) is 38.6 Å².